The van der Waals surface area contributed by atoms with Crippen LogP contribution in [0.2, 0.25) is 0 Å². The van der Waals surface area contributed by atoms with E-state index in [0.717, 1.165) is 24.1 Å². The maximum absolute atomic E-state index is 10.7. The second-order valence-corrected chi connectivity index (χ2v) is 4.23. The van der Waals surface area contributed by atoms with Gasteiger partial charge in [0, 0.05) is 24.3 Å². The zero-order valence-electron chi connectivity index (χ0n) is 10.6. The predicted molar refractivity (Wildman–Crippen MR) is 69.2 cm³/mol. The second kappa shape index (κ2) is 6.05. The predicted octanol–water partition coefficient (Wildman–Crippen LogP) is 2.79. The molecule has 0 heterocycles. The lowest BCUT2D eigenvalue weighted by Crippen LogP contribution is -2.28. The molecular weight excluding hydrogens is 212 g/mol. The minimum atomic E-state index is 0.0000903. The Morgan fingerprint density at radius 2 is 2.24 bits per heavy atom. The summed E-state index contributed by atoms with van der Waals surface area (Å²) in [5.41, 5.74) is 2.86. The van der Waals surface area contributed by atoms with Gasteiger partial charge in [-0.1, -0.05) is 0 Å². The van der Waals surface area contributed by atoms with Crippen LogP contribution in [0, 0.1) is 24.2 Å². The smallest absolute Gasteiger partial charge is 0.150 e. The Hall–Kier alpha value is -1.82. The van der Waals surface area contributed by atoms with E-state index in [-0.39, 0.29) is 5.92 Å². The highest BCUT2D eigenvalue weighted by Gasteiger charge is 2.11. The van der Waals surface area contributed by atoms with E-state index >= 15 is 0 Å². The molecule has 0 bridgehead atoms. The summed E-state index contributed by atoms with van der Waals surface area (Å²) < 4.78 is 0. The molecule has 0 spiro atoms. The summed E-state index contributed by atoms with van der Waals surface area (Å²) in [6.07, 6.45) is 0.852. The van der Waals surface area contributed by atoms with E-state index in [1.165, 1.54) is 0 Å². The summed E-state index contributed by atoms with van der Waals surface area (Å²) in [4.78, 5) is 12.8. The van der Waals surface area contributed by atoms with Crippen LogP contribution in [0.3, 0.4) is 0 Å². The molecule has 3 nitrogen and oxygen atoms in total. The molecule has 0 aliphatic heterocycles. The van der Waals surface area contributed by atoms with Gasteiger partial charge < -0.3 is 4.90 Å². The molecule has 1 aromatic carbocycles. The standard InChI is InChI=1S/C14H18N2O/c1-4-16(9-11(2)8-15)14-6-5-13(10-17)7-12(14)3/h5-7,10-11H,4,9H2,1-3H3. The molecule has 1 aromatic rings. The van der Waals surface area contributed by atoms with E-state index in [0.29, 0.717) is 12.1 Å². The van der Waals surface area contributed by atoms with Crippen LogP contribution in [0.15, 0.2) is 18.2 Å². The lowest BCUT2D eigenvalue weighted by Gasteiger charge is -2.26. The SMILES string of the molecule is CCN(CC(C)C#N)c1ccc(C=O)cc1C. The Bertz CT molecular complexity index is 434. The fourth-order valence-corrected chi connectivity index (χ4v) is 1.88. The Labute approximate surface area is 103 Å². The van der Waals surface area contributed by atoms with Crippen molar-refractivity contribution in [2.45, 2.75) is 20.8 Å². The van der Waals surface area contributed by atoms with Crippen LogP contribution in [-0.2, 0) is 0 Å². The molecule has 3 heteroatoms. The lowest BCUT2D eigenvalue weighted by molar-refractivity contribution is 0.112. The normalized spacial score (nSPS) is 11.6. The first-order valence-corrected chi connectivity index (χ1v) is 5.82. The number of hydrogen-bond acceptors (Lipinski definition) is 3. The zero-order valence-corrected chi connectivity index (χ0v) is 10.6. The van der Waals surface area contributed by atoms with Gasteiger partial charge in [-0.15, -0.1) is 0 Å². The van der Waals surface area contributed by atoms with Crippen LogP contribution in [0.1, 0.15) is 29.8 Å². The van der Waals surface area contributed by atoms with Crippen LogP contribution in [0.5, 0.6) is 0 Å². The summed E-state index contributed by atoms with van der Waals surface area (Å²) >= 11 is 0. The van der Waals surface area contributed by atoms with E-state index in [1.54, 1.807) is 0 Å². The fourth-order valence-electron chi connectivity index (χ4n) is 1.88. The third kappa shape index (κ3) is 3.32. The van der Waals surface area contributed by atoms with E-state index in [4.69, 9.17) is 5.26 Å². The molecule has 0 fully saturated rings. The van der Waals surface area contributed by atoms with Gasteiger partial charge in [0.1, 0.15) is 6.29 Å². The van der Waals surface area contributed by atoms with Crippen molar-refractivity contribution in [2.24, 2.45) is 5.92 Å². The van der Waals surface area contributed by atoms with E-state index in [9.17, 15) is 4.79 Å². The van der Waals surface area contributed by atoms with Gasteiger partial charge in [-0.25, -0.2) is 0 Å². The largest absolute Gasteiger partial charge is 0.370 e. The number of carbonyl (C=O) groups excluding carboxylic acids is 1. The topological polar surface area (TPSA) is 44.1 Å². The number of anilines is 1. The Morgan fingerprint density at radius 3 is 2.71 bits per heavy atom. The van der Waals surface area contributed by atoms with Crippen molar-refractivity contribution in [1.29, 1.82) is 5.26 Å². The van der Waals surface area contributed by atoms with Gasteiger partial charge in [-0.2, -0.15) is 5.26 Å². The van der Waals surface area contributed by atoms with Gasteiger partial charge in [0.2, 0.25) is 0 Å². The minimum absolute atomic E-state index is 0.0000903. The quantitative estimate of drug-likeness (QED) is 0.730. The van der Waals surface area contributed by atoms with Gasteiger partial charge >= 0.3 is 0 Å². The Kier molecular flexibility index (Phi) is 4.71. The molecule has 1 unspecified atom stereocenters. The molecule has 17 heavy (non-hydrogen) atoms. The van der Waals surface area contributed by atoms with Crippen molar-refractivity contribution in [3.63, 3.8) is 0 Å². The molecule has 0 aliphatic carbocycles. The molecule has 0 saturated heterocycles. The van der Waals surface area contributed by atoms with Crippen LogP contribution in [0.4, 0.5) is 5.69 Å². The molecule has 0 radical (unpaired) electrons. The molecule has 0 aromatic heterocycles. The maximum atomic E-state index is 10.7. The number of rotatable bonds is 5. The Morgan fingerprint density at radius 1 is 1.53 bits per heavy atom. The fraction of sp³-hybridized carbons (Fsp3) is 0.429. The average molecular weight is 230 g/mol. The number of nitrogens with zero attached hydrogens (tertiary/aromatic N) is 2. The average Bonchev–Trinajstić information content (AvgIpc) is 2.35. The third-order valence-electron chi connectivity index (χ3n) is 2.79. The molecule has 0 amide bonds. The van der Waals surface area contributed by atoms with E-state index in [1.807, 2.05) is 32.0 Å². The van der Waals surface area contributed by atoms with Gasteiger partial charge in [0.05, 0.1) is 12.0 Å². The summed E-state index contributed by atoms with van der Waals surface area (Å²) in [6.45, 7) is 7.54. The molecule has 1 rings (SSSR count). The molecular formula is C14H18N2O. The number of aldehydes is 1. The van der Waals surface area contributed by atoms with Crippen molar-refractivity contribution < 1.29 is 4.79 Å². The minimum Gasteiger partial charge on any atom is -0.370 e. The molecule has 0 N–H and O–H groups in total. The summed E-state index contributed by atoms with van der Waals surface area (Å²) in [5, 5.41) is 8.85. The van der Waals surface area contributed by atoms with Gasteiger partial charge in [-0.05, 0) is 44.5 Å². The monoisotopic (exact) mass is 230 g/mol. The zero-order chi connectivity index (χ0) is 12.8. The molecule has 1 atom stereocenters. The van der Waals surface area contributed by atoms with Crippen LogP contribution < -0.4 is 4.90 Å². The van der Waals surface area contributed by atoms with Crippen LogP contribution in [0.25, 0.3) is 0 Å². The maximum Gasteiger partial charge on any atom is 0.150 e. The number of hydrogen-bond donors (Lipinski definition) is 0. The van der Waals surface area contributed by atoms with Crippen molar-refractivity contribution in [3.05, 3.63) is 29.3 Å². The van der Waals surface area contributed by atoms with Crippen molar-refractivity contribution >= 4 is 12.0 Å². The van der Waals surface area contributed by atoms with Crippen LogP contribution in [-0.4, -0.2) is 19.4 Å². The number of benzene rings is 1. The summed E-state index contributed by atoms with van der Waals surface area (Å²) in [7, 11) is 0. The number of aryl methyl sites for hydroxylation is 1. The number of nitriles is 1. The highest BCUT2D eigenvalue weighted by molar-refractivity contribution is 5.77. The molecule has 90 valence electrons. The summed E-state index contributed by atoms with van der Waals surface area (Å²) in [6, 6.07) is 7.89. The van der Waals surface area contributed by atoms with E-state index in [2.05, 4.69) is 17.9 Å². The first kappa shape index (κ1) is 13.2. The van der Waals surface area contributed by atoms with Gasteiger partial charge in [0.25, 0.3) is 0 Å². The Balaban J connectivity index is 2.96. The molecule has 0 aliphatic rings. The number of carbonyl (C=O) groups is 1. The van der Waals surface area contributed by atoms with Crippen molar-refractivity contribution in [1.82, 2.24) is 0 Å². The van der Waals surface area contributed by atoms with Gasteiger partial charge in [0.15, 0.2) is 0 Å². The van der Waals surface area contributed by atoms with Gasteiger partial charge in [-0.3, -0.25) is 4.79 Å². The highest BCUT2D eigenvalue weighted by Crippen LogP contribution is 2.21. The van der Waals surface area contributed by atoms with E-state index < -0.39 is 0 Å². The van der Waals surface area contributed by atoms with Crippen molar-refractivity contribution in [2.75, 3.05) is 18.0 Å². The second-order valence-electron chi connectivity index (χ2n) is 4.23. The first-order valence-electron chi connectivity index (χ1n) is 5.82. The van der Waals surface area contributed by atoms with Crippen molar-refractivity contribution in [3.8, 4) is 6.07 Å². The molecule has 0 saturated carbocycles. The lowest BCUT2D eigenvalue weighted by atomic mass is 10.1. The first-order chi connectivity index (χ1) is 8.12. The highest BCUT2D eigenvalue weighted by atomic mass is 16.1. The van der Waals surface area contributed by atoms with Crippen LogP contribution >= 0.6 is 0 Å². The third-order valence-corrected chi connectivity index (χ3v) is 2.79. The summed E-state index contributed by atoms with van der Waals surface area (Å²) in [5.74, 6) is 0.0000903.